The topological polar surface area (TPSA) is 72.1 Å². The van der Waals surface area contributed by atoms with Crippen molar-refractivity contribution in [2.75, 3.05) is 18.0 Å². The van der Waals surface area contributed by atoms with Crippen molar-refractivity contribution in [3.8, 4) is 0 Å². The summed E-state index contributed by atoms with van der Waals surface area (Å²) in [5, 5.41) is 0.251. The van der Waals surface area contributed by atoms with E-state index in [-0.39, 0.29) is 17.0 Å². The lowest BCUT2D eigenvalue weighted by molar-refractivity contribution is -0.117. The van der Waals surface area contributed by atoms with Crippen LogP contribution in [0.1, 0.15) is 6.42 Å². The predicted molar refractivity (Wildman–Crippen MR) is 64.3 cm³/mol. The van der Waals surface area contributed by atoms with Gasteiger partial charge in [-0.25, -0.2) is 9.97 Å². The number of anilines is 1. The molecule has 0 aromatic carbocycles. The number of nitrogens with zero attached hydrogens (tertiary/aromatic N) is 3. The van der Waals surface area contributed by atoms with Crippen molar-refractivity contribution in [2.45, 2.75) is 6.42 Å². The van der Waals surface area contributed by atoms with Crippen LogP contribution in [0.15, 0.2) is 10.8 Å². The van der Waals surface area contributed by atoms with E-state index >= 15 is 0 Å². The normalized spacial score (nSPS) is 20.6. The van der Waals surface area contributed by atoms with E-state index in [9.17, 15) is 4.79 Å². The molecule has 1 aromatic heterocycles. The molecule has 1 aromatic rings. The summed E-state index contributed by atoms with van der Waals surface area (Å²) in [6.45, 7) is 1.09. The van der Waals surface area contributed by atoms with Gasteiger partial charge in [-0.2, -0.15) is 0 Å². The molecule has 0 bridgehead atoms. The molecular weight excluding hydrogens is 295 g/mol. The van der Waals surface area contributed by atoms with Crippen molar-refractivity contribution in [3.63, 3.8) is 0 Å². The van der Waals surface area contributed by atoms with Crippen molar-refractivity contribution in [1.29, 1.82) is 0 Å². The Morgan fingerprint density at radius 3 is 3.00 bits per heavy atom. The van der Waals surface area contributed by atoms with Crippen LogP contribution in [0.25, 0.3) is 0 Å². The molecule has 2 heterocycles. The zero-order valence-corrected chi connectivity index (χ0v) is 10.7. The third-order valence-corrected chi connectivity index (χ3v) is 3.56. The standard InChI is InChI=1S/C9H10BrClN4O/c10-8-9(11)14-6(3-13-8)15-4-5(2-12)1-7(15)16/h3,5H,1-2,4,12H2. The van der Waals surface area contributed by atoms with Gasteiger partial charge in [0.2, 0.25) is 5.91 Å². The van der Waals surface area contributed by atoms with Gasteiger partial charge in [0.1, 0.15) is 4.60 Å². The van der Waals surface area contributed by atoms with Crippen LogP contribution in [0.4, 0.5) is 5.82 Å². The second-order valence-electron chi connectivity index (χ2n) is 3.62. The smallest absolute Gasteiger partial charge is 0.228 e. The lowest BCUT2D eigenvalue weighted by atomic mass is 10.1. The fourth-order valence-corrected chi connectivity index (χ4v) is 1.96. The maximum Gasteiger partial charge on any atom is 0.228 e. The molecule has 1 fully saturated rings. The lowest BCUT2D eigenvalue weighted by Crippen LogP contribution is -2.26. The van der Waals surface area contributed by atoms with Gasteiger partial charge in [0.25, 0.3) is 0 Å². The summed E-state index contributed by atoms with van der Waals surface area (Å²) >= 11 is 8.98. The van der Waals surface area contributed by atoms with Crippen LogP contribution in [0.5, 0.6) is 0 Å². The van der Waals surface area contributed by atoms with E-state index in [1.54, 1.807) is 4.90 Å². The molecule has 0 aliphatic carbocycles. The Kier molecular flexibility index (Phi) is 3.41. The van der Waals surface area contributed by atoms with Crippen molar-refractivity contribution >= 4 is 39.3 Å². The molecule has 1 aliphatic rings. The molecule has 2 rings (SSSR count). The van der Waals surface area contributed by atoms with Gasteiger partial charge in [-0.3, -0.25) is 9.69 Å². The fourth-order valence-electron chi connectivity index (χ4n) is 1.63. The number of rotatable bonds is 2. The highest BCUT2D eigenvalue weighted by molar-refractivity contribution is 9.10. The molecule has 1 saturated heterocycles. The minimum Gasteiger partial charge on any atom is -0.330 e. The van der Waals surface area contributed by atoms with Crippen molar-refractivity contribution in [3.05, 3.63) is 16.0 Å². The molecule has 0 saturated carbocycles. The zero-order valence-electron chi connectivity index (χ0n) is 8.36. The van der Waals surface area contributed by atoms with Crippen LogP contribution in [0.2, 0.25) is 5.15 Å². The van der Waals surface area contributed by atoms with Gasteiger partial charge in [0, 0.05) is 13.0 Å². The molecule has 1 amide bonds. The first kappa shape index (κ1) is 11.8. The van der Waals surface area contributed by atoms with Crippen molar-refractivity contribution in [1.82, 2.24) is 9.97 Å². The summed E-state index contributed by atoms with van der Waals surface area (Å²) in [5.74, 6) is 0.689. The first-order valence-electron chi connectivity index (χ1n) is 4.80. The number of nitrogens with two attached hydrogens (primary N) is 1. The average molecular weight is 306 g/mol. The largest absolute Gasteiger partial charge is 0.330 e. The molecule has 0 radical (unpaired) electrons. The number of carbonyl (C=O) groups excluding carboxylic acids is 1. The Balaban J connectivity index is 2.24. The Hall–Kier alpha value is -0.720. The Bertz CT molecular complexity index is 428. The zero-order chi connectivity index (χ0) is 11.7. The maximum absolute atomic E-state index is 11.7. The summed E-state index contributed by atoms with van der Waals surface area (Å²) in [7, 11) is 0. The molecule has 0 spiro atoms. The summed E-state index contributed by atoms with van der Waals surface area (Å²) in [6.07, 6.45) is 1.98. The molecule has 2 N–H and O–H groups in total. The SMILES string of the molecule is NCC1CC(=O)N(c2cnc(Br)c(Cl)n2)C1. The van der Waals surface area contributed by atoms with Gasteiger partial charge < -0.3 is 5.73 Å². The van der Waals surface area contributed by atoms with Gasteiger partial charge in [-0.05, 0) is 28.4 Å². The van der Waals surface area contributed by atoms with Crippen LogP contribution in [0.3, 0.4) is 0 Å². The average Bonchev–Trinajstić information content (AvgIpc) is 2.64. The van der Waals surface area contributed by atoms with Crippen LogP contribution >= 0.6 is 27.5 Å². The summed E-state index contributed by atoms with van der Waals surface area (Å²) in [5.41, 5.74) is 5.54. The third-order valence-electron chi connectivity index (χ3n) is 2.49. The third kappa shape index (κ3) is 2.18. The highest BCUT2D eigenvalue weighted by Crippen LogP contribution is 2.25. The summed E-state index contributed by atoms with van der Waals surface area (Å²) in [4.78, 5) is 21.4. The van der Waals surface area contributed by atoms with Crippen molar-refractivity contribution in [2.24, 2.45) is 11.7 Å². The molecule has 7 heteroatoms. The van der Waals surface area contributed by atoms with E-state index in [2.05, 4.69) is 25.9 Å². The van der Waals surface area contributed by atoms with Crippen molar-refractivity contribution < 1.29 is 4.79 Å². The molecule has 1 aliphatic heterocycles. The number of hydrogen-bond acceptors (Lipinski definition) is 4. The Morgan fingerprint density at radius 1 is 1.69 bits per heavy atom. The minimum absolute atomic E-state index is 0.0168. The molecule has 1 atom stereocenters. The summed E-state index contributed by atoms with van der Waals surface area (Å²) < 4.78 is 0.472. The maximum atomic E-state index is 11.7. The van der Waals surface area contributed by atoms with Gasteiger partial charge in [0.05, 0.1) is 6.20 Å². The van der Waals surface area contributed by atoms with Crippen LogP contribution in [-0.2, 0) is 4.79 Å². The van der Waals surface area contributed by atoms with E-state index in [0.29, 0.717) is 29.9 Å². The molecule has 5 nitrogen and oxygen atoms in total. The monoisotopic (exact) mass is 304 g/mol. The lowest BCUT2D eigenvalue weighted by Gasteiger charge is -2.15. The minimum atomic E-state index is 0.0168. The molecular formula is C9H10BrClN4O. The Morgan fingerprint density at radius 2 is 2.44 bits per heavy atom. The number of hydrogen-bond donors (Lipinski definition) is 1. The molecule has 86 valence electrons. The van der Waals surface area contributed by atoms with E-state index in [0.717, 1.165) is 0 Å². The quantitative estimate of drug-likeness (QED) is 0.891. The number of aromatic nitrogens is 2. The van der Waals surface area contributed by atoms with Gasteiger partial charge in [0.15, 0.2) is 11.0 Å². The number of amides is 1. The van der Waals surface area contributed by atoms with Gasteiger partial charge in [-0.15, -0.1) is 0 Å². The van der Waals surface area contributed by atoms with Crippen LogP contribution < -0.4 is 10.6 Å². The van der Waals surface area contributed by atoms with E-state index in [1.807, 2.05) is 0 Å². The van der Waals surface area contributed by atoms with Crippen LogP contribution in [-0.4, -0.2) is 29.0 Å². The number of halogens is 2. The van der Waals surface area contributed by atoms with Gasteiger partial charge >= 0.3 is 0 Å². The second-order valence-corrected chi connectivity index (χ2v) is 4.73. The fraction of sp³-hybridized carbons (Fsp3) is 0.444. The van der Waals surface area contributed by atoms with Crippen LogP contribution in [0, 0.1) is 5.92 Å². The Labute approximate surface area is 106 Å². The first-order valence-corrected chi connectivity index (χ1v) is 5.97. The van der Waals surface area contributed by atoms with E-state index in [1.165, 1.54) is 6.20 Å². The second kappa shape index (κ2) is 4.65. The first-order chi connectivity index (χ1) is 7.61. The molecule has 16 heavy (non-hydrogen) atoms. The predicted octanol–water partition coefficient (Wildman–Crippen LogP) is 1.20. The van der Waals surface area contributed by atoms with E-state index < -0.39 is 0 Å². The van der Waals surface area contributed by atoms with E-state index in [4.69, 9.17) is 17.3 Å². The summed E-state index contributed by atoms with van der Waals surface area (Å²) in [6, 6.07) is 0. The highest BCUT2D eigenvalue weighted by Gasteiger charge is 2.30. The van der Waals surface area contributed by atoms with Gasteiger partial charge in [-0.1, -0.05) is 11.6 Å². The molecule has 1 unspecified atom stereocenters. The number of carbonyl (C=O) groups is 1. The highest BCUT2D eigenvalue weighted by atomic mass is 79.9.